The van der Waals surface area contributed by atoms with Crippen LogP contribution in [0.5, 0.6) is 0 Å². The summed E-state index contributed by atoms with van der Waals surface area (Å²) >= 11 is 0. The maximum absolute atomic E-state index is 5.89. The molecule has 1 atom stereocenters. The van der Waals surface area contributed by atoms with Gasteiger partial charge < -0.3 is 14.8 Å². The highest BCUT2D eigenvalue weighted by molar-refractivity contribution is 5.85. The van der Waals surface area contributed by atoms with E-state index in [1.54, 1.807) is 0 Å². The maximum Gasteiger partial charge on any atom is 0.0834 e. The van der Waals surface area contributed by atoms with E-state index in [-0.39, 0.29) is 12.4 Å². The minimum absolute atomic E-state index is 0. The van der Waals surface area contributed by atoms with Crippen molar-refractivity contribution in [3.63, 3.8) is 0 Å². The SMILES string of the molecule is C1CC(OC2CCOC2)CCN1.Cl. The second-order valence-electron chi connectivity index (χ2n) is 3.57. The molecule has 0 aromatic rings. The Kier molecular flexibility index (Phi) is 5.02. The zero-order valence-electron chi connectivity index (χ0n) is 7.83. The highest BCUT2D eigenvalue weighted by atomic mass is 35.5. The highest BCUT2D eigenvalue weighted by Crippen LogP contribution is 2.15. The third kappa shape index (κ3) is 3.43. The molecule has 0 spiro atoms. The Labute approximate surface area is 85.6 Å². The van der Waals surface area contributed by atoms with Crippen molar-refractivity contribution in [1.29, 1.82) is 0 Å². The van der Waals surface area contributed by atoms with Crippen LogP contribution in [0.4, 0.5) is 0 Å². The van der Waals surface area contributed by atoms with Crippen LogP contribution in [0.3, 0.4) is 0 Å². The van der Waals surface area contributed by atoms with Crippen molar-refractivity contribution in [2.75, 3.05) is 26.3 Å². The fourth-order valence-electron chi connectivity index (χ4n) is 1.82. The number of rotatable bonds is 2. The molecular formula is C9H18ClNO2. The quantitative estimate of drug-likeness (QED) is 0.732. The number of ether oxygens (including phenoxy) is 2. The van der Waals surface area contributed by atoms with Gasteiger partial charge in [-0.1, -0.05) is 0 Å². The second kappa shape index (κ2) is 5.81. The van der Waals surface area contributed by atoms with Gasteiger partial charge in [0.2, 0.25) is 0 Å². The molecule has 3 nitrogen and oxygen atoms in total. The van der Waals surface area contributed by atoms with Crippen LogP contribution in [-0.4, -0.2) is 38.5 Å². The molecule has 2 aliphatic heterocycles. The molecule has 2 fully saturated rings. The molecule has 0 aliphatic carbocycles. The Bertz CT molecular complexity index is 134. The van der Waals surface area contributed by atoms with Crippen LogP contribution in [0.15, 0.2) is 0 Å². The van der Waals surface area contributed by atoms with E-state index in [0.29, 0.717) is 12.2 Å². The van der Waals surface area contributed by atoms with Crippen molar-refractivity contribution in [2.24, 2.45) is 0 Å². The van der Waals surface area contributed by atoms with E-state index < -0.39 is 0 Å². The van der Waals surface area contributed by atoms with E-state index in [2.05, 4.69) is 5.32 Å². The van der Waals surface area contributed by atoms with Crippen molar-refractivity contribution in [2.45, 2.75) is 31.5 Å². The van der Waals surface area contributed by atoms with Crippen LogP contribution in [0.1, 0.15) is 19.3 Å². The molecule has 0 radical (unpaired) electrons. The lowest BCUT2D eigenvalue weighted by molar-refractivity contribution is -0.0287. The molecule has 4 heteroatoms. The number of nitrogens with one attached hydrogen (secondary N) is 1. The molecule has 2 saturated heterocycles. The van der Waals surface area contributed by atoms with Gasteiger partial charge in [0.1, 0.15) is 0 Å². The fraction of sp³-hybridized carbons (Fsp3) is 1.00. The first-order valence-corrected chi connectivity index (χ1v) is 4.89. The van der Waals surface area contributed by atoms with Gasteiger partial charge in [-0.15, -0.1) is 12.4 Å². The Balaban J connectivity index is 0.000000845. The largest absolute Gasteiger partial charge is 0.379 e. The van der Waals surface area contributed by atoms with Gasteiger partial charge in [0.15, 0.2) is 0 Å². The second-order valence-corrected chi connectivity index (χ2v) is 3.57. The summed E-state index contributed by atoms with van der Waals surface area (Å²) in [5.41, 5.74) is 0. The summed E-state index contributed by atoms with van der Waals surface area (Å²) in [7, 11) is 0. The molecule has 1 N–H and O–H groups in total. The molecule has 0 aromatic heterocycles. The lowest BCUT2D eigenvalue weighted by atomic mass is 10.1. The lowest BCUT2D eigenvalue weighted by Crippen LogP contribution is -2.34. The molecule has 78 valence electrons. The van der Waals surface area contributed by atoms with E-state index >= 15 is 0 Å². The van der Waals surface area contributed by atoms with Gasteiger partial charge >= 0.3 is 0 Å². The van der Waals surface area contributed by atoms with Gasteiger partial charge in [0, 0.05) is 6.61 Å². The smallest absolute Gasteiger partial charge is 0.0834 e. The number of halogens is 1. The predicted octanol–water partition coefficient (Wildman–Crippen LogP) is 0.966. The van der Waals surface area contributed by atoms with Crippen molar-refractivity contribution in [3.05, 3.63) is 0 Å². The van der Waals surface area contributed by atoms with Crippen LogP contribution in [0.25, 0.3) is 0 Å². The number of piperidine rings is 1. The zero-order chi connectivity index (χ0) is 8.23. The minimum atomic E-state index is 0. The Morgan fingerprint density at radius 1 is 1.08 bits per heavy atom. The average molecular weight is 208 g/mol. The van der Waals surface area contributed by atoms with Gasteiger partial charge in [-0.25, -0.2) is 0 Å². The first-order valence-electron chi connectivity index (χ1n) is 4.89. The Hall–Kier alpha value is 0.170. The van der Waals surface area contributed by atoms with Crippen molar-refractivity contribution >= 4 is 12.4 Å². The summed E-state index contributed by atoms with van der Waals surface area (Å²) in [6.45, 7) is 3.91. The molecule has 2 rings (SSSR count). The summed E-state index contributed by atoms with van der Waals surface area (Å²) in [5, 5.41) is 3.33. The van der Waals surface area contributed by atoms with Gasteiger partial charge in [-0.2, -0.15) is 0 Å². The summed E-state index contributed by atoms with van der Waals surface area (Å²) in [6.07, 6.45) is 4.28. The van der Waals surface area contributed by atoms with Gasteiger partial charge in [-0.3, -0.25) is 0 Å². The average Bonchev–Trinajstić information content (AvgIpc) is 2.59. The van der Waals surface area contributed by atoms with E-state index in [9.17, 15) is 0 Å². The first kappa shape index (κ1) is 11.2. The van der Waals surface area contributed by atoms with E-state index in [1.165, 1.54) is 0 Å². The van der Waals surface area contributed by atoms with Crippen molar-refractivity contribution < 1.29 is 9.47 Å². The molecular weight excluding hydrogens is 190 g/mol. The van der Waals surface area contributed by atoms with E-state index in [1.807, 2.05) is 0 Å². The third-order valence-corrected chi connectivity index (χ3v) is 2.56. The molecule has 2 heterocycles. The standard InChI is InChI=1S/C9H17NO2.ClH/c1-4-10-5-2-8(1)12-9-3-6-11-7-9;/h8-10H,1-7H2;1H. The normalized spacial score (nSPS) is 30.0. The van der Waals surface area contributed by atoms with Crippen molar-refractivity contribution in [3.8, 4) is 0 Å². The van der Waals surface area contributed by atoms with Gasteiger partial charge in [0.05, 0.1) is 18.8 Å². The highest BCUT2D eigenvalue weighted by Gasteiger charge is 2.21. The molecule has 2 aliphatic rings. The van der Waals surface area contributed by atoms with Crippen LogP contribution in [0.2, 0.25) is 0 Å². The Morgan fingerprint density at radius 2 is 1.85 bits per heavy atom. The molecule has 1 unspecified atom stereocenters. The topological polar surface area (TPSA) is 30.5 Å². The third-order valence-electron chi connectivity index (χ3n) is 2.56. The first-order chi connectivity index (χ1) is 5.95. The van der Waals surface area contributed by atoms with E-state index in [0.717, 1.165) is 45.6 Å². The van der Waals surface area contributed by atoms with Crippen LogP contribution in [0, 0.1) is 0 Å². The van der Waals surface area contributed by atoms with Crippen LogP contribution in [-0.2, 0) is 9.47 Å². The molecule has 13 heavy (non-hydrogen) atoms. The summed E-state index contributed by atoms with van der Waals surface area (Å²) in [6, 6.07) is 0. The molecule has 0 bridgehead atoms. The lowest BCUT2D eigenvalue weighted by Gasteiger charge is -2.25. The number of hydrogen-bond donors (Lipinski definition) is 1. The van der Waals surface area contributed by atoms with Crippen LogP contribution >= 0.6 is 12.4 Å². The summed E-state index contributed by atoms with van der Waals surface area (Å²) in [5.74, 6) is 0. The summed E-state index contributed by atoms with van der Waals surface area (Å²) < 4.78 is 11.1. The number of hydrogen-bond acceptors (Lipinski definition) is 3. The van der Waals surface area contributed by atoms with Gasteiger partial charge in [0.25, 0.3) is 0 Å². The summed E-state index contributed by atoms with van der Waals surface area (Å²) in [4.78, 5) is 0. The minimum Gasteiger partial charge on any atom is -0.379 e. The van der Waals surface area contributed by atoms with Crippen LogP contribution < -0.4 is 5.32 Å². The molecule has 0 saturated carbocycles. The fourth-order valence-corrected chi connectivity index (χ4v) is 1.82. The van der Waals surface area contributed by atoms with Gasteiger partial charge in [-0.05, 0) is 32.4 Å². The van der Waals surface area contributed by atoms with Crippen molar-refractivity contribution in [1.82, 2.24) is 5.32 Å². The predicted molar refractivity (Wildman–Crippen MR) is 53.4 cm³/mol. The maximum atomic E-state index is 5.89. The molecule has 0 aromatic carbocycles. The van der Waals surface area contributed by atoms with E-state index in [4.69, 9.17) is 9.47 Å². The molecule has 0 amide bonds. The Morgan fingerprint density at radius 3 is 2.46 bits per heavy atom. The monoisotopic (exact) mass is 207 g/mol. The zero-order valence-corrected chi connectivity index (χ0v) is 8.65.